The Bertz CT molecular complexity index is 759. The molecule has 0 spiro atoms. The Morgan fingerprint density at radius 1 is 1.26 bits per heavy atom. The van der Waals surface area contributed by atoms with Crippen LogP contribution in [0.1, 0.15) is 5.69 Å². The van der Waals surface area contributed by atoms with Crippen LogP contribution >= 0.6 is 23.2 Å². The van der Waals surface area contributed by atoms with Crippen LogP contribution in [0.3, 0.4) is 0 Å². The summed E-state index contributed by atoms with van der Waals surface area (Å²) in [7, 11) is 1.87. The number of nitrogen functional groups attached to an aromatic ring is 1. The molecule has 98 valence electrons. The minimum Gasteiger partial charge on any atom is -0.369 e. The van der Waals surface area contributed by atoms with Gasteiger partial charge in [-0.3, -0.25) is 4.68 Å². The summed E-state index contributed by atoms with van der Waals surface area (Å²) < 4.78 is 3.61. The first-order chi connectivity index (χ1) is 9.04. The molecule has 7 heteroatoms. The van der Waals surface area contributed by atoms with Crippen molar-refractivity contribution in [2.24, 2.45) is 7.05 Å². The highest BCUT2D eigenvalue weighted by atomic mass is 35.5. The molecule has 2 aromatic heterocycles. The van der Waals surface area contributed by atoms with Gasteiger partial charge in [0.1, 0.15) is 0 Å². The second kappa shape index (κ2) is 4.43. The summed E-state index contributed by atoms with van der Waals surface area (Å²) in [4.78, 5) is 4.28. The van der Waals surface area contributed by atoms with Gasteiger partial charge < -0.3 is 10.3 Å². The van der Waals surface area contributed by atoms with Crippen molar-refractivity contribution in [2.75, 3.05) is 5.73 Å². The van der Waals surface area contributed by atoms with Gasteiger partial charge in [0.25, 0.3) is 0 Å². The summed E-state index contributed by atoms with van der Waals surface area (Å²) in [6.07, 6.45) is 1.88. The van der Waals surface area contributed by atoms with Gasteiger partial charge in [-0.15, -0.1) is 0 Å². The number of hydrogen-bond donors (Lipinski definition) is 1. The van der Waals surface area contributed by atoms with Crippen molar-refractivity contribution in [1.29, 1.82) is 0 Å². The number of halogens is 2. The van der Waals surface area contributed by atoms with Gasteiger partial charge in [0.05, 0.1) is 33.3 Å². The zero-order chi connectivity index (χ0) is 13.6. The average Bonchev–Trinajstić information content (AvgIpc) is 2.87. The number of aryl methyl sites for hydroxylation is 1. The Labute approximate surface area is 119 Å². The van der Waals surface area contributed by atoms with Crippen molar-refractivity contribution in [3.8, 4) is 0 Å². The minimum absolute atomic E-state index is 0.416. The molecule has 2 N–H and O–H groups in total. The zero-order valence-electron chi connectivity index (χ0n) is 10.1. The van der Waals surface area contributed by atoms with E-state index in [9.17, 15) is 0 Å². The van der Waals surface area contributed by atoms with Crippen molar-refractivity contribution in [1.82, 2.24) is 19.3 Å². The first kappa shape index (κ1) is 12.3. The van der Waals surface area contributed by atoms with E-state index in [1.807, 2.05) is 23.9 Å². The molecule has 3 aromatic rings. The van der Waals surface area contributed by atoms with Crippen molar-refractivity contribution in [3.63, 3.8) is 0 Å². The number of hydrogen-bond acceptors (Lipinski definition) is 3. The lowest BCUT2D eigenvalue weighted by Gasteiger charge is -2.04. The van der Waals surface area contributed by atoms with Crippen LogP contribution < -0.4 is 5.73 Å². The van der Waals surface area contributed by atoms with E-state index >= 15 is 0 Å². The molecule has 19 heavy (non-hydrogen) atoms. The molecule has 0 bridgehead atoms. The number of nitrogens with zero attached hydrogens (tertiary/aromatic N) is 4. The molecule has 1 aromatic carbocycles. The second-order valence-electron chi connectivity index (χ2n) is 4.29. The Morgan fingerprint density at radius 2 is 2.00 bits per heavy atom. The van der Waals surface area contributed by atoms with Crippen LogP contribution in [0.15, 0.2) is 24.4 Å². The third kappa shape index (κ3) is 2.15. The Balaban J connectivity index is 2.12. The van der Waals surface area contributed by atoms with E-state index in [2.05, 4.69) is 10.1 Å². The van der Waals surface area contributed by atoms with E-state index < -0.39 is 0 Å². The molecule has 0 fully saturated rings. The van der Waals surface area contributed by atoms with Crippen LogP contribution in [0.2, 0.25) is 10.0 Å². The molecular weight excluding hydrogens is 285 g/mol. The molecule has 3 rings (SSSR count). The van der Waals surface area contributed by atoms with E-state index in [1.54, 1.807) is 16.8 Å². The van der Waals surface area contributed by atoms with E-state index in [0.29, 0.717) is 22.5 Å². The zero-order valence-corrected chi connectivity index (χ0v) is 11.7. The molecule has 0 atom stereocenters. The number of imidazole rings is 1. The maximum Gasteiger partial charge on any atom is 0.201 e. The lowest BCUT2D eigenvalue weighted by atomic mass is 10.3. The fourth-order valence-electron chi connectivity index (χ4n) is 2.01. The predicted octanol–water partition coefficient (Wildman–Crippen LogP) is 2.71. The average molecular weight is 296 g/mol. The lowest BCUT2D eigenvalue weighted by molar-refractivity contribution is 0.717. The largest absolute Gasteiger partial charge is 0.369 e. The first-order valence-corrected chi connectivity index (χ1v) is 6.39. The molecule has 2 heterocycles. The Morgan fingerprint density at radius 3 is 2.68 bits per heavy atom. The van der Waals surface area contributed by atoms with Crippen molar-refractivity contribution < 1.29 is 0 Å². The third-order valence-corrected chi connectivity index (χ3v) is 3.63. The molecule has 0 aliphatic carbocycles. The summed E-state index contributed by atoms with van der Waals surface area (Å²) >= 11 is 12.0. The maximum absolute atomic E-state index is 6.04. The number of fused-ring (bicyclic) bond motifs is 1. The highest BCUT2D eigenvalue weighted by molar-refractivity contribution is 6.42. The number of anilines is 1. The van der Waals surface area contributed by atoms with Crippen LogP contribution in [0.5, 0.6) is 0 Å². The number of nitrogens with two attached hydrogens (primary N) is 1. The van der Waals surface area contributed by atoms with E-state index in [4.69, 9.17) is 28.9 Å². The molecule has 0 saturated carbocycles. The summed E-state index contributed by atoms with van der Waals surface area (Å²) in [5, 5.41) is 5.28. The highest BCUT2D eigenvalue weighted by Crippen LogP contribution is 2.29. The van der Waals surface area contributed by atoms with Crippen LogP contribution in [0.25, 0.3) is 11.0 Å². The van der Waals surface area contributed by atoms with Gasteiger partial charge >= 0.3 is 0 Å². The van der Waals surface area contributed by atoms with Gasteiger partial charge in [-0.2, -0.15) is 5.10 Å². The highest BCUT2D eigenvalue weighted by Gasteiger charge is 2.12. The van der Waals surface area contributed by atoms with Crippen LogP contribution in [-0.4, -0.2) is 19.3 Å². The normalized spacial score (nSPS) is 11.3. The van der Waals surface area contributed by atoms with Crippen molar-refractivity contribution in [2.45, 2.75) is 6.54 Å². The standard InChI is InChI=1S/C12H11Cl2N5/c1-18-3-2-7(17-18)6-19-11-5-9(14)8(13)4-10(11)16-12(19)15/h2-5H,6H2,1H3,(H2,15,16). The first-order valence-electron chi connectivity index (χ1n) is 5.64. The smallest absolute Gasteiger partial charge is 0.201 e. The van der Waals surface area contributed by atoms with E-state index in [1.165, 1.54) is 0 Å². The molecule has 0 aliphatic rings. The fraction of sp³-hybridized carbons (Fsp3) is 0.167. The van der Waals surface area contributed by atoms with Crippen LogP contribution in [0, 0.1) is 0 Å². The van der Waals surface area contributed by atoms with Crippen LogP contribution in [0.4, 0.5) is 5.95 Å². The Hall–Kier alpha value is -1.72. The topological polar surface area (TPSA) is 61.7 Å². The van der Waals surface area contributed by atoms with Gasteiger partial charge in [0, 0.05) is 13.2 Å². The molecule has 0 aliphatic heterocycles. The summed E-state index contributed by atoms with van der Waals surface area (Å²) in [5.41, 5.74) is 8.41. The van der Waals surface area contributed by atoms with Gasteiger partial charge in [-0.1, -0.05) is 23.2 Å². The van der Waals surface area contributed by atoms with Gasteiger partial charge in [0.2, 0.25) is 5.95 Å². The molecular formula is C12H11Cl2N5. The molecule has 5 nitrogen and oxygen atoms in total. The van der Waals surface area contributed by atoms with E-state index in [0.717, 1.165) is 16.7 Å². The van der Waals surface area contributed by atoms with E-state index in [-0.39, 0.29) is 0 Å². The summed E-state index contributed by atoms with van der Waals surface area (Å²) in [5.74, 6) is 0.416. The molecule has 0 unspecified atom stereocenters. The number of benzene rings is 1. The monoisotopic (exact) mass is 295 g/mol. The van der Waals surface area contributed by atoms with Crippen molar-refractivity contribution >= 4 is 40.2 Å². The molecule has 0 amide bonds. The number of rotatable bonds is 2. The quantitative estimate of drug-likeness (QED) is 0.791. The second-order valence-corrected chi connectivity index (χ2v) is 5.11. The van der Waals surface area contributed by atoms with Crippen molar-refractivity contribution in [3.05, 3.63) is 40.1 Å². The van der Waals surface area contributed by atoms with Gasteiger partial charge in [-0.05, 0) is 18.2 Å². The Kier molecular flexibility index (Phi) is 2.88. The summed E-state index contributed by atoms with van der Waals surface area (Å²) in [6, 6.07) is 5.42. The predicted molar refractivity (Wildman–Crippen MR) is 76.5 cm³/mol. The third-order valence-electron chi connectivity index (χ3n) is 2.91. The number of aromatic nitrogens is 4. The minimum atomic E-state index is 0.416. The molecule has 0 saturated heterocycles. The van der Waals surface area contributed by atoms with Gasteiger partial charge in [0.15, 0.2) is 0 Å². The van der Waals surface area contributed by atoms with Gasteiger partial charge in [-0.25, -0.2) is 4.98 Å². The summed E-state index contributed by atoms with van der Waals surface area (Å²) in [6.45, 7) is 0.543. The maximum atomic E-state index is 6.04. The SMILES string of the molecule is Cn1ccc(Cn2c(N)nc3cc(Cl)c(Cl)cc32)n1. The lowest BCUT2D eigenvalue weighted by Crippen LogP contribution is -2.05. The van der Waals surface area contributed by atoms with Crippen LogP contribution in [-0.2, 0) is 13.6 Å². The fourth-order valence-corrected chi connectivity index (χ4v) is 2.33. The molecule has 0 radical (unpaired) electrons.